The molecule has 3 aliphatic rings. The topological polar surface area (TPSA) is 24.5 Å². The van der Waals surface area contributed by atoms with Crippen molar-refractivity contribution in [2.75, 3.05) is 32.8 Å². The summed E-state index contributed by atoms with van der Waals surface area (Å²) in [5.41, 5.74) is 0. The van der Waals surface area contributed by atoms with Crippen LogP contribution in [0.5, 0.6) is 5.75 Å². The molecule has 0 radical (unpaired) electrons. The number of ether oxygens (including phenoxy) is 1. The maximum atomic E-state index is 5.71. The van der Waals surface area contributed by atoms with E-state index in [1.54, 1.807) is 0 Å². The highest BCUT2D eigenvalue weighted by atomic mass is 16.5. The third-order valence-electron chi connectivity index (χ3n) is 4.40. The van der Waals surface area contributed by atoms with Gasteiger partial charge in [-0.05, 0) is 56.9 Å². The Morgan fingerprint density at radius 1 is 1.16 bits per heavy atom. The Kier molecular flexibility index (Phi) is 4.36. The average molecular weight is 260 g/mol. The largest absolute Gasteiger partial charge is 0.494 e. The molecule has 1 unspecified atom stereocenters. The summed E-state index contributed by atoms with van der Waals surface area (Å²) < 4.78 is 5.71. The van der Waals surface area contributed by atoms with E-state index >= 15 is 0 Å². The van der Waals surface area contributed by atoms with Gasteiger partial charge in [-0.1, -0.05) is 18.2 Å². The first kappa shape index (κ1) is 12.9. The lowest BCUT2D eigenvalue weighted by Gasteiger charge is -2.45. The molecule has 4 rings (SSSR count). The first-order valence-corrected chi connectivity index (χ1v) is 7.55. The number of hydrogen-bond donors (Lipinski definition) is 1. The van der Waals surface area contributed by atoms with Crippen LogP contribution in [0.2, 0.25) is 0 Å². The molecule has 1 atom stereocenters. The molecule has 2 bridgehead atoms. The molecule has 3 fully saturated rings. The van der Waals surface area contributed by atoms with Crippen molar-refractivity contribution < 1.29 is 4.74 Å². The number of rotatable bonds is 6. The van der Waals surface area contributed by atoms with E-state index in [4.69, 9.17) is 4.74 Å². The Morgan fingerprint density at radius 2 is 1.95 bits per heavy atom. The minimum Gasteiger partial charge on any atom is -0.494 e. The molecule has 0 saturated carbocycles. The Morgan fingerprint density at radius 3 is 2.63 bits per heavy atom. The molecule has 3 heteroatoms. The molecular formula is C16H24N2O. The summed E-state index contributed by atoms with van der Waals surface area (Å²) >= 11 is 0. The predicted molar refractivity (Wildman–Crippen MR) is 77.5 cm³/mol. The zero-order chi connectivity index (χ0) is 12.9. The first-order chi connectivity index (χ1) is 9.42. The lowest BCUT2D eigenvalue weighted by molar-refractivity contribution is 0.0722. The average Bonchev–Trinajstić information content (AvgIpc) is 2.49. The van der Waals surface area contributed by atoms with Gasteiger partial charge >= 0.3 is 0 Å². The van der Waals surface area contributed by atoms with Crippen molar-refractivity contribution in [2.45, 2.75) is 25.3 Å². The van der Waals surface area contributed by atoms with Gasteiger partial charge in [0.05, 0.1) is 6.61 Å². The van der Waals surface area contributed by atoms with Crippen LogP contribution in [0.1, 0.15) is 19.3 Å². The van der Waals surface area contributed by atoms with Crippen LogP contribution >= 0.6 is 0 Å². The highest BCUT2D eigenvalue weighted by molar-refractivity contribution is 5.20. The quantitative estimate of drug-likeness (QED) is 0.793. The number of fused-ring (bicyclic) bond motifs is 3. The van der Waals surface area contributed by atoms with Crippen molar-refractivity contribution in [1.82, 2.24) is 10.2 Å². The van der Waals surface area contributed by atoms with Crippen molar-refractivity contribution in [3.63, 3.8) is 0 Å². The van der Waals surface area contributed by atoms with Crippen LogP contribution in [0.25, 0.3) is 0 Å². The fraction of sp³-hybridized carbons (Fsp3) is 0.625. The SMILES string of the molecule is c1ccc(OCCCNC2CN3CCC2CC3)cc1. The van der Waals surface area contributed by atoms with Gasteiger partial charge in [-0.2, -0.15) is 0 Å². The number of nitrogens with zero attached hydrogens (tertiary/aromatic N) is 1. The lowest BCUT2D eigenvalue weighted by Crippen LogP contribution is -2.56. The van der Waals surface area contributed by atoms with Crippen molar-refractivity contribution in [2.24, 2.45) is 5.92 Å². The number of nitrogens with one attached hydrogen (secondary N) is 1. The number of para-hydroxylation sites is 1. The predicted octanol–water partition coefficient (Wildman–Crippen LogP) is 2.14. The molecule has 3 aliphatic heterocycles. The minimum atomic E-state index is 0.722. The standard InChI is InChI=1S/C16H24N2O/c1-2-5-15(6-3-1)19-12-4-9-17-16-13-18-10-7-14(16)8-11-18/h1-3,5-6,14,16-17H,4,7-13H2. The Balaban J connectivity index is 1.31. The summed E-state index contributed by atoms with van der Waals surface area (Å²) in [6, 6.07) is 10.8. The van der Waals surface area contributed by atoms with Crippen LogP contribution in [0.3, 0.4) is 0 Å². The highest BCUT2D eigenvalue weighted by Gasteiger charge is 2.33. The monoisotopic (exact) mass is 260 g/mol. The third kappa shape index (κ3) is 3.48. The van der Waals surface area contributed by atoms with Crippen molar-refractivity contribution in [3.8, 4) is 5.75 Å². The van der Waals surface area contributed by atoms with Gasteiger partial charge in [-0.3, -0.25) is 0 Å². The fourth-order valence-corrected chi connectivity index (χ4v) is 3.26. The molecule has 3 saturated heterocycles. The van der Waals surface area contributed by atoms with Crippen LogP contribution in [-0.2, 0) is 0 Å². The molecule has 1 aromatic carbocycles. The molecule has 0 aromatic heterocycles. The van der Waals surface area contributed by atoms with Crippen LogP contribution < -0.4 is 10.1 Å². The van der Waals surface area contributed by atoms with Crippen LogP contribution in [0.15, 0.2) is 30.3 Å². The molecule has 3 heterocycles. The molecule has 0 aliphatic carbocycles. The summed E-state index contributed by atoms with van der Waals surface area (Å²) in [7, 11) is 0. The Labute approximate surface area is 115 Å². The fourth-order valence-electron chi connectivity index (χ4n) is 3.26. The lowest BCUT2D eigenvalue weighted by atomic mass is 9.84. The molecule has 3 nitrogen and oxygen atoms in total. The molecule has 0 spiro atoms. The van der Waals surface area contributed by atoms with E-state index in [1.807, 2.05) is 30.3 Å². The molecule has 104 valence electrons. The molecule has 1 aromatic rings. The van der Waals surface area contributed by atoms with Gasteiger partial charge in [-0.15, -0.1) is 0 Å². The van der Waals surface area contributed by atoms with Crippen molar-refractivity contribution >= 4 is 0 Å². The maximum absolute atomic E-state index is 5.71. The smallest absolute Gasteiger partial charge is 0.119 e. The maximum Gasteiger partial charge on any atom is 0.119 e. The van der Waals surface area contributed by atoms with Gasteiger partial charge in [0.1, 0.15) is 5.75 Å². The first-order valence-electron chi connectivity index (χ1n) is 7.55. The molecular weight excluding hydrogens is 236 g/mol. The molecule has 19 heavy (non-hydrogen) atoms. The number of piperidine rings is 3. The summed E-state index contributed by atoms with van der Waals surface area (Å²) in [6.45, 7) is 5.77. The van der Waals surface area contributed by atoms with Gasteiger partial charge in [0.2, 0.25) is 0 Å². The minimum absolute atomic E-state index is 0.722. The number of benzene rings is 1. The van der Waals surface area contributed by atoms with Gasteiger partial charge in [0, 0.05) is 12.6 Å². The highest BCUT2D eigenvalue weighted by Crippen LogP contribution is 2.27. The molecule has 0 amide bonds. The van der Waals surface area contributed by atoms with E-state index < -0.39 is 0 Å². The van der Waals surface area contributed by atoms with E-state index in [0.29, 0.717) is 0 Å². The zero-order valence-electron chi connectivity index (χ0n) is 11.6. The zero-order valence-corrected chi connectivity index (χ0v) is 11.6. The summed E-state index contributed by atoms with van der Waals surface area (Å²) in [4.78, 5) is 2.60. The Hall–Kier alpha value is -1.06. The van der Waals surface area contributed by atoms with Gasteiger partial charge in [-0.25, -0.2) is 0 Å². The van der Waals surface area contributed by atoms with Gasteiger partial charge in [0.25, 0.3) is 0 Å². The number of hydrogen-bond acceptors (Lipinski definition) is 3. The summed E-state index contributed by atoms with van der Waals surface area (Å²) in [6.07, 6.45) is 3.86. The molecule has 1 N–H and O–H groups in total. The van der Waals surface area contributed by atoms with E-state index in [-0.39, 0.29) is 0 Å². The summed E-state index contributed by atoms with van der Waals surface area (Å²) in [5.74, 6) is 1.89. The van der Waals surface area contributed by atoms with Crippen molar-refractivity contribution in [3.05, 3.63) is 30.3 Å². The normalized spacial score (nSPS) is 29.4. The second-order valence-electron chi connectivity index (χ2n) is 5.71. The Bertz CT molecular complexity index is 374. The van der Waals surface area contributed by atoms with E-state index in [1.165, 1.54) is 32.5 Å². The van der Waals surface area contributed by atoms with Gasteiger partial charge in [0.15, 0.2) is 0 Å². The third-order valence-corrected chi connectivity index (χ3v) is 4.40. The van der Waals surface area contributed by atoms with Crippen LogP contribution in [-0.4, -0.2) is 43.7 Å². The van der Waals surface area contributed by atoms with Crippen LogP contribution in [0.4, 0.5) is 0 Å². The van der Waals surface area contributed by atoms with Crippen LogP contribution in [0, 0.1) is 5.92 Å². The van der Waals surface area contributed by atoms with Gasteiger partial charge < -0.3 is 15.0 Å². The van der Waals surface area contributed by atoms with E-state index in [2.05, 4.69) is 10.2 Å². The van der Waals surface area contributed by atoms with E-state index in [9.17, 15) is 0 Å². The second kappa shape index (κ2) is 6.40. The second-order valence-corrected chi connectivity index (χ2v) is 5.71. The van der Waals surface area contributed by atoms with E-state index in [0.717, 1.165) is 37.3 Å². The van der Waals surface area contributed by atoms with Crippen molar-refractivity contribution in [1.29, 1.82) is 0 Å². The summed E-state index contributed by atoms with van der Waals surface area (Å²) in [5, 5.41) is 3.72.